The molecule has 3 N–H and O–H groups in total. The fourth-order valence-corrected chi connectivity index (χ4v) is 11.9. The molecule has 8 heteroatoms. The lowest BCUT2D eigenvalue weighted by atomic mass is 9.33. The van der Waals surface area contributed by atoms with Crippen LogP contribution in [0.5, 0.6) is 0 Å². The molecule has 0 heterocycles. The molecule has 4 fully saturated rings. The second kappa shape index (κ2) is 12.3. The smallest absolute Gasteiger partial charge is 0.333 e. The average molecular weight is 671 g/mol. The maximum absolute atomic E-state index is 13.6. The van der Waals surface area contributed by atoms with Crippen molar-refractivity contribution in [1.29, 1.82) is 0 Å². The van der Waals surface area contributed by atoms with E-state index in [0.29, 0.717) is 31.3 Å². The summed E-state index contributed by atoms with van der Waals surface area (Å²) in [7, 11) is 0. The quantitative estimate of drug-likeness (QED) is 0.124. The first kappa shape index (κ1) is 37.2. The number of esters is 2. The fourth-order valence-electron chi connectivity index (χ4n) is 11.9. The van der Waals surface area contributed by atoms with Gasteiger partial charge in [0, 0.05) is 11.0 Å². The van der Waals surface area contributed by atoms with Gasteiger partial charge in [-0.1, -0.05) is 73.1 Å². The van der Waals surface area contributed by atoms with Crippen LogP contribution in [0.4, 0.5) is 0 Å². The zero-order valence-corrected chi connectivity index (χ0v) is 31.1. The van der Waals surface area contributed by atoms with Gasteiger partial charge in [0.25, 0.3) is 0 Å². The minimum Gasteiger partial charge on any atom is -0.457 e. The summed E-state index contributed by atoms with van der Waals surface area (Å²) < 4.78 is 12.6. The Morgan fingerprint density at radius 2 is 1.65 bits per heavy atom. The second-order valence-corrected chi connectivity index (χ2v) is 18.0. The highest BCUT2D eigenvalue weighted by Crippen LogP contribution is 2.75. The standard InChI is InChI=1S/C40H62O8/c1-11-23(3)33(45)47-31-32(48-34(46)24(4)12-2)40(22-42)26(19-35(31,5)6)25-13-14-28-36(7)17-16-29(43)37(8,21-41)27(36)15-18-38(28,9)39(25,10)20-30(40)44/h11,13,21,24,26-32,42-44H,12,14-20,22H2,1-10H3/t24-,26+,27-,28-,29+,30-,31+,32+,36+,37+,38-,39-,40+/m1/s1. The van der Waals surface area contributed by atoms with Crippen LogP contribution in [0.25, 0.3) is 0 Å². The molecule has 270 valence electrons. The Hall–Kier alpha value is -2.03. The van der Waals surface area contributed by atoms with Crippen LogP contribution in [0, 0.1) is 56.2 Å². The van der Waals surface area contributed by atoms with E-state index in [2.05, 4.69) is 26.8 Å². The summed E-state index contributed by atoms with van der Waals surface area (Å²) >= 11 is 0. The van der Waals surface area contributed by atoms with Crippen LogP contribution in [-0.4, -0.2) is 64.6 Å². The molecule has 0 amide bonds. The van der Waals surface area contributed by atoms with Crippen molar-refractivity contribution in [2.24, 2.45) is 56.2 Å². The van der Waals surface area contributed by atoms with Crippen LogP contribution >= 0.6 is 0 Å². The maximum atomic E-state index is 13.6. The summed E-state index contributed by atoms with van der Waals surface area (Å²) in [4.78, 5) is 39.4. The van der Waals surface area contributed by atoms with E-state index < -0.39 is 70.5 Å². The van der Waals surface area contributed by atoms with E-state index in [0.717, 1.165) is 32.0 Å². The highest BCUT2D eigenvalue weighted by Gasteiger charge is 2.73. The SMILES string of the molecule is CC=C(C)C(=O)O[C@H]1[C@H](OC(=O)[C@H](C)CC)[C@]2(CO)[C@H](O)C[C@]3(C)C(=CC[C@@H]4[C@@]5(C)CC[C@H](O)[C@@](C)(C=O)[C@@H]5CC[C@]43C)[C@@H]2CC1(C)C. The van der Waals surface area contributed by atoms with Crippen molar-refractivity contribution in [2.75, 3.05) is 6.61 Å². The summed E-state index contributed by atoms with van der Waals surface area (Å²) in [5, 5.41) is 35.1. The van der Waals surface area contributed by atoms with Crippen molar-refractivity contribution >= 4 is 18.2 Å². The Labute approximate surface area is 288 Å². The van der Waals surface area contributed by atoms with Crippen molar-refractivity contribution in [3.63, 3.8) is 0 Å². The largest absolute Gasteiger partial charge is 0.457 e. The zero-order chi connectivity index (χ0) is 35.8. The number of ether oxygens (including phenoxy) is 2. The highest BCUT2D eigenvalue weighted by atomic mass is 16.6. The molecule has 4 saturated carbocycles. The third-order valence-corrected chi connectivity index (χ3v) is 15.5. The summed E-state index contributed by atoms with van der Waals surface area (Å²) in [5.74, 6) is -1.37. The van der Waals surface area contributed by atoms with E-state index in [-0.39, 0.29) is 28.6 Å². The molecular formula is C40H62O8. The van der Waals surface area contributed by atoms with Gasteiger partial charge in [-0.2, -0.15) is 0 Å². The van der Waals surface area contributed by atoms with Crippen molar-refractivity contribution in [1.82, 2.24) is 0 Å². The predicted molar refractivity (Wildman–Crippen MR) is 183 cm³/mol. The van der Waals surface area contributed by atoms with Crippen LogP contribution in [0.1, 0.15) is 121 Å². The number of hydrogen-bond donors (Lipinski definition) is 3. The summed E-state index contributed by atoms with van der Waals surface area (Å²) in [6.45, 7) is 19.7. The molecule has 5 aliphatic carbocycles. The molecular weight excluding hydrogens is 608 g/mol. The highest BCUT2D eigenvalue weighted by molar-refractivity contribution is 5.87. The molecule has 8 nitrogen and oxygen atoms in total. The minimum atomic E-state index is -1.27. The molecule has 5 aliphatic rings. The number of carbonyl (C=O) groups excluding carboxylic acids is 3. The Morgan fingerprint density at radius 1 is 0.979 bits per heavy atom. The van der Waals surface area contributed by atoms with Gasteiger partial charge in [0.15, 0.2) is 0 Å². The van der Waals surface area contributed by atoms with Gasteiger partial charge in [-0.05, 0) is 99.2 Å². The average Bonchev–Trinajstić information content (AvgIpc) is 3.03. The molecule has 0 aromatic rings. The molecule has 0 saturated heterocycles. The van der Waals surface area contributed by atoms with Crippen molar-refractivity contribution in [2.45, 2.75) is 145 Å². The normalized spacial score (nSPS) is 47.2. The van der Waals surface area contributed by atoms with E-state index in [4.69, 9.17) is 9.47 Å². The third kappa shape index (κ3) is 4.96. The van der Waals surface area contributed by atoms with Gasteiger partial charge >= 0.3 is 11.9 Å². The summed E-state index contributed by atoms with van der Waals surface area (Å²) in [6, 6.07) is 0. The molecule has 0 aliphatic heterocycles. The molecule has 0 aromatic heterocycles. The molecule has 13 atom stereocenters. The Bertz CT molecular complexity index is 1370. The molecule has 48 heavy (non-hydrogen) atoms. The monoisotopic (exact) mass is 670 g/mol. The fraction of sp³-hybridized carbons (Fsp3) is 0.825. The van der Waals surface area contributed by atoms with Crippen LogP contribution in [0.2, 0.25) is 0 Å². The second-order valence-electron chi connectivity index (χ2n) is 18.0. The van der Waals surface area contributed by atoms with Crippen LogP contribution in [-0.2, 0) is 23.9 Å². The van der Waals surface area contributed by atoms with Gasteiger partial charge in [-0.25, -0.2) is 4.79 Å². The lowest BCUT2D eigenvalue weighted by Crippen LogP contribution is -2.72. The molecule has 0 spiro atoms. The van der Waals surface area contributed by atoms with Crippen LogP contribution in [0.15, 0.2) is 23.3 Å². The zero-order valence-electron chi connectivity index (χ0n) is 31.1. The lowest BCUT2D eigenvalue weighted by Gasteiger charge is -2.72. The first-order valence-corrected chi connectivity index (χ1v) is 18.5. The molecule has 0 radical (unpaired) electrons. The van der Waals surface area contributed by atoms with Crippen LogP contribution < -0.4 is 0 Å². The maximum Gasteiger partial charge on any atom is 0.333 e. The summed E-state index contributed by atoms with van der Waals surface area (Å²) in [6.07, 6.45) is 6.77. The van der Waals surface area contributed by atoms with Crippen molar-refractivity contribution < 1.29 is 39.2 Å². The number of carbonyl (C=O) groups is 3. The van der Waals surface area contributed by atoms with Crippen molar-refractivity contribution in [3.8, 4) is 0 Å². The van der Waals surface area contributed by atoms with Crippen molar-refractivity contribution in [3.05, 3.63) is 23.3 Å². The minimum absolute atomic E-state index is 0.0574. The van der Waals surface area contributed by atoms with Crippen LogP contribution in [0.3, 0.4) is 0 Å². The van der Waals surface area contributed by atoms with Gasteiger partial charge in [-0.15, -0.1) is 0 Å². The number of aliphatic hydroxyl groups excluding tert-OH is 3. The lowest BCUT2D eigenvalue weighted by molar-refractivity contribution is -0.266. The first-order chi connectivity index (χ1) is 22.3. The van der Waals surface area contributed by atoms with E-state index in [1.54, 1.807) is 26.8 Å². The van der Waals surface area contributed by atoms with E-state index >= 15 is 0 Å². The number of fused-ring (bicyclic) bond motifs is 7. The van der Waals surface area contributed by atoms with Gasteiger partial charge in [0.2, 0.25) is 0 Å². The number of aliphatic hydroxyl groups is 3. The molecule has 0 bridgehead atoms. The van der Waals surface area contributed by atoms with Gasteiger partial charge in [-0.3, -0.25) is 4.79 Å². The van der Waals surface area contributed by atoms with Gasteiger partial charge in [0.05, 0.1) is 35.6 Å². The van der Waals surface area contributed by atoms with E-state index in [9.17, 15) is 29.7 Å². The number of aldehydes is 1. The van der Waals surface area contributed by atoms with Gasteiger partial charge in [0.1, 0.15) is 18.5 Å². The number of hydrogen-bond acceptors (Lipinski definition) is 8. The topological polar surface area (TPSA) is 130 Å². The first-order valence-electron chi connectivity index (χ1n) is 18.5. The number of rotatable bonds is 7. The Balaban J connectivity index is 1.65. The third-order valence-electron chi connectivity index (χ3n) is 15.5. The Kier molecular flexibility index (Phi) is 9.56. The van der Waals surface area contributed by atoms with E-state index in [1.807, 2.05) is 27.7 Å². The molecule has 0 aromatic carbocycles. The summed E-state index contributed by atoms with van der Waals surface area (Å²) in [5.41, 5.74) is -1.92. The molecule has 0 unspecified atom stereocenters. The Morgan fingerprint density at radius 3 is 2.23 bits per heavy atom. The molecule has 5 rings (SSSR count). The number of allylic oxidation sites excluding steroid dienone is 3. The van der Waals surface area contributed by atoms with E-state index in [1.165, 1.54) is 5.57 Å². The van der Waals surface area contributed by atoms with Gasteiger partial charge < -0.3 is 29.6 Å². The predicted octanol–water partition coefficient (Wildman–Crippen LogP) is 6.35.